The topological polar surface area (TPSA) is 44.5 Å². The first-order valence-electron chi connectivity index (χ1n) is 5.49. The van der Waals surface area contributed by atoms with Gasteiger partial charge in [0.15, 0.2) is 0 Å². The fourth-order valence-corrected chi connectivity index (χ4v) is 1.21. The van der Waals surface area contributed by atoms with Gasteiger partial charge in [0.1, 0.15) is 5.75 Å². The van der Waals surface area contributed by atoms with Crippen molar-refractivity contribution in [2.75, 3.05) is 6.61 Å². The molecule has 1 rings (SSSR count). The Morgan fingerprint density at radius 2 is 1.88 bits per heavy atom. The highest BCUT2D eigenvalue weighted by Gasteiger charge is 2.04. The minimum absolute atomic E-state index is 0.0384. The van der Waals surface area contributed by atoms with E-state index in [2.05, 4.69) is 4.74 Å². The molecule has 1 aromatic carbocycles. The van der Waals surface area contributed by atoms with Gasteiger partial charge in [0.05, 0.1) is 13.2 Å². The van der Waals surface area contributed by atoms with Gasteiger partial charge >= 0.3 is 6.61 Å². The summed E-state index contributed by atoms with van der Waals surface area (Å²) in [6, 6.07) is 6.40. The lowest BCUT2D eigenvalue weighted by molar-refractivity contribution is -0.0498. The molecule has 17 heavy (non-hydrogen) atoms. The molecule has 0 aromatic heterocycles. The Morgan fingerprint density at radius 3 is 2.41 bits per heavy atom. The summed E-state index contributed by atoms with van der Waals surface area (Å²) in [5.41, 5.74) is 6.59. The zero-order chi connectivity index (χ0) is 12.7. The van der Waals surface area contributed by atoms with Gasteiger partial charge in [-0.15, -0.1) is 0 Å². The van der Waals surface area contributed by atoms with Crippen LogP contribution in [-0.2, 0) is 11.3 Å². The standard InChI is InChI=1S/C12H17F2NO2/c1-2-10(15)8-16-7-9-3-5-11(6-4-9)17-12(13)14/h3-6,10,12H,2,7-8,15H2,1H3/t10-/m1/s1. The summed E-state index contributed by atoms with van der Waals surface area (Å²) in [6.07, 6.45) is 0.862. The third-order valence-electron chi connectivity index (χ3n) is 2.27. The molecule has 96 valence electrons. The van der Waals surface area contributed by atoms with E-state index in [9.17, 15) is 8.78 Å². The highest BCUT2D eigenvalue weighted by Crippen LogP contribution is 2.15. The molecule has 0 fully saturated rings. The maximum absolute atomic E-state index is 11.9. The van der Waals surface area contributed by atoms with E-state index >= 15 is 0 Å². The van der Waals surface area contributed by atoms with E-state index < -0.39 is 6.61 Å². The van der Waals surface area contributed by atoms with Gasteiger partial charge in [-0.05, 0) is 24.1 Å². The van der Waals surface area contributed by atoms with Crippen molar-refractivity contribution in [1.82, 2.24) is 0 Å². The third-order valence-corrected chi connectivity index (χ3v) is 2.27. The molecule has 1 aromatic rings. The fourth-order valence-electron chi connectivity index (χ4n) is 1.21. The van der Waals surface area contributed by atoms with Gasteiger partial charge in [0.2, 0.25) is 0 Å². The minimum Gasteiger partial charge on any atom is -0.435 e. The number of hydrogen-bond acceptors (Lipinski definition) is 3. The number of nitrogens with two attached hydrogens (primary N) is 1. The maximum Gasteiger partial charge on any atom is 0.387 e. The van der Waals surface area contributed by atoms with E-state index in [0.717, 1.165) is 12.0 Å². The molecular formula is C12H17F2NO2. The normalized spacial score (nSPS) is 12.8. The number of ether oxygens (including phenoxy) is 2. The van der Waals surface area contributed by atoms with E-state index in [0.29, 0.717) is 13.2 Å². The van der Waals surface area contributed by atoms with Crippen LogP contribution in [0.15, 0.2) is 24.3 Å². The van der Waals surface area contributed by atoms with Crippen LogP contribution in [0.25, 0.3) is 0 Å². The van der Waals surface area contributed by atoms with Crippen molar-refractivity contribution in [2.24, 2.45) is 5.73 Å². The van der Waals surface area contributed by atoms with Crippen molar-refractivity contribution < 1.29 is 18.3 Å². The molecule has 0 bridgehead atoms. The zero-order valence-electron chi connectivity index (χ0n) is 9.74. The second-order valence-electron chi connectivity index (χ2n) is 3.71. The van der Waals surface area contributed by atoms with Gasteiger partial charge in [0.25, 0.3) is 0 Å². The SMILES string of the molecule is CC[C@@H](N)COCc1ccc(OC(F)F)cc1. The van der Waals surface area contributed by atoms with Crippen LogP contribution in [0, 0.1) is 0 Å². The molecular weight excluding hydrogens is 228 g/mol. The summed E-state index contributed by atoms with van der Waals surface area (Å²) in [6.45, 7) is 0.110. The first-order valence-corrected chi connectivity index (χ1v) is 5.49. The summed E-state index contributed by atoms with van der Waals surface area (Å²) in [5, 5.41) is 0. The molecule has 1 atom stereocenters. The van der Waals surface area contributed by atoms with E-state index in [-0.39, 0.29) is 11.8 Å². The molecule has 3 nitrogen and oxygen atoms in total. The second-order valence-corrected chi connectivity index (χ2v) is 3.71. The molecule has 2 N–H and O–H groups in total. The quantitative estimate of drug-likeness (QED) is 0.802. The van der Waals surface area contributed by atoms with Gasteiger partial charge < -0.3 is 15.2 Å². The van der Waals surface area contributed by atoms with Crippen LogP contribution in [0.1, 0.15) is 18.9 Å². The Morgan fingerprint density at radius 1 is 1.24 bits per heavy atom. The van der Waals surface area contributed by atoms with Crippen LogP contribution >= 0.6 is 0 Å². The van der Waals surface area contributed by atoms with Crippen molar-refractivity contribution in [3.05, 3.63) is 29.8 Å². The molecule has 0 spiro atoms. The number of rotatable bonds is 7. The predicted octanol–water partition coefficient (Wildman–Crippen LogP) is 2.54. The lowest BCUT2D eigenvalue weighted by atomic mass is 10.2. The van der Waals surface area contributed by atoms with Crippen molar-refractivity contribution >= 4 is 0 Å². The van der Waals surface area contributed by atoms with Crippen molar-refractivity contribution in [3.8, 4) is 5.75 Å². The smallest absolute Gasteiger partial charge is 0.387 e. The summed E-state index contributed by atoms with van der Waals surface area (Å²) < 4.78 is 33.4. The van der Waals surface area contributed by atoms with Gasteiger partial charge in [-0.25, -0.2) is 0 Å². The summed E-state index contributed by atoms with van der Waals surface area (Å²) >= 11 is 0. The first-order chi connectivity index (χ1) is 8.11. The molecule has 0 aliphatic carbocycles. The monoisotopic (exact) mass is 245 g/mol. The lowest BCUT2D eigenvalue weighted by Gasteiger charge is -2.10. The van der Waals surface area contributed by atoms with Gasteiger partial charge in [0, 0.05) is 6.04 Å². The minimum atomic E-state index is -2.79. The number of halogens is 2. The van der Waals surface area contributed by atoms with E-state index in [1.54, 1.807) is 12.1 Å². The maximum atomic E-state index is 11.9. The molecule has 0 heterocycles. The molecule has 0 saturated heterocycles. The number of hydrogen-bond donors (Lipinski definition) is 1. The zero-order valence-corrected chi connectivity index (χ0v) is 9.74. The van der Waals surface area contributed by atoms with Gasteiger partial charge in [-0.2, -0.15) is 8.78 Å². The van der Waals surface area contributed by atoms with Crippen molar-refractivity contribution in [3.63, 3.8) is 0 Å². The van der Waals surface area contributed by atoms with Crippen LogP contribution in [0.2, 0.25) is 0 Å². The molecule has 0 saturated carbocycles. The highest BCUT2D eigenvalue weighted by molar-refractivity contribution is 5.26. The average molecular weight is 245 g/mol. The molecule has 0 amide bonds. The summed E-state index contributed by atoms with van der Waals surface area (Å²) in [7, 11) is 0. The fraction of sp³-hybridized carbons (Fsp3) is 0.500. The Hall–Kier alpha value is -1.20. The Labute approximate surface area is 99.5 Å². The summed E-state index contributed by atoms with van der Waals surface area (Å²) in [4.78, 5) is 0. The van der Waals surface area contributed by atoms with Gasteiger partial charge in [-0.1, -0.05) is 19.1 Å². The van der Waals surface area contributed by atoms with E-state index in [1.165, 1.54) is 12.1 Å². The van der Waals surface area contributed by atoms with Crippen LogP contribution in [0.5, 0.6) is 5.75 Å². The first kappa shape index (κ1) is 13.9. The Balaban J connectivity index is 2.35. The molecule has 0 aliphatic rings. The van der Waals surface area contributed by atoms with E-state index in [1.807, 2.05) is 6.92 Å². The molecule has 0 aliphatic heterocycles. The lowest BCUT2D eigenvalue weighted by Crippen LogP contribution is -2.24. The van der Waals surface area contributed by atoms with Crippen molar-refractivity contribution in [1.29, 1.82) is 0 Å². The molecule has 0 unspecified atom stereocenters. The Bertz CT molecular complexity index is 317. The van der Waals surface area contributed by atoms with Crippen molar-refractivity contribution in [2.45, 2.75) is 32.6 Å². The third kappa shape index (κ3) is 5.60. The average Bonchev–Trinajstić information content (AvgIpc) is 2.30. The van der Waals surface area contributed by atoms with E-state index in [4.69, 9.17) is 10.5 Å². The Kier molecular flexibility index (Phi) is 5.86. The van der Waals surface area contributed by atoms with Crippen LogP contribution < -0.4 is 10.5 Å². The summed E-state index contributed by atoms with van der Waals surface area (Å²) in [5.74, 6) is 0.147. The van der Waals surface area contributed by atoms with Crippen LogP contribution in [0.3, 0.4) is 0 Å². The largest absolute Gasteiger partial charge is 0.435 e. The number of benzene rings is 1. The van der Waals surface area contributed by atoms with Crippen LogP contribution in [-0.4, -0.2) is 19.3 Å². The highest BCUT2D eigenvalue weighted by atomic mass is 19.3. The van der Waals surface area contributed by atoms with Gasteiger partial charge in [-0.3, -0.25) is 0 Å². The van der Waals surface area contributed by atoms with Crippen LogP contribution in [0.4, 0.5) is 8.78 Å². The number of alkyl halides is 2. The molecule has 0 radical (unpaired) electrons. The second kappa shape index (κ2) is 7.19. The molecule has 5 heteroatoms. The predicted molar refractivity (Wildman–Crippen MR) is 61.0 cm³/mol.